The van der Waals surface area contributed by atoms with E-state index in [2.05, 4.69) is 23.2 Å². The first-order valence-corrected chi connectivity index (χ1v) is 6.78. The van der Waals surface area contributed by atoms with Crippen molar-refractivity contribution < 1.29 is 9.51 Å². The Morgan fingerprint density at radius 1 is 1.22 bits per heavy atom. The monoisotopic (exact) mass is 254 g/mol. The quantitative estimate of drug-likeness (QED) is 0.573. The van der Waals surface area contributed by atoms with Crippen LogP contribution in [0.2, 0.25) is 0 Å². The molecule has 0 N–H and O–H groups in total. The van der Waals surface area contributed by atoms with Crippen LogP contribution in [-0.4, -0.2) is 4.98 Å². The lowest BCUT2D eigenvalue weighted by Crippen LogP contribution is -2.26. The van der Waals surface area contributed by atoms with Gasteiger partial charge in [-0.1, -0.05) is 35.6 Å². The molecule has 0 radical (unpaired) electrons. The largest absolute Gasteiger partial charge is 0.841 e. The third-order valence-electron chi connectivity index (χ3n) is 3.49. The summed E-state index contributed by atoms with van der Waals surface area (Å²) in [5.41, 5.74) is 4.81. The highest BCUT2D eigenvalue weighted by Gasteiger charge is 2.25. The second-order valence-corrected chi connectivity index (χ2v) is 5.34. The van der Waals surface area contributed by atoms with E-state index in [1.54, 1.807) is 16.1 Å². The topological polar surface area (TPSA) is 40.1 Å². The molecule has 1 aliphatic rings. The van der Waals surface area contributed by atoms with Crippen LogP contribution in [0.25, 0.3) is 16.1 Å². The Morgan fingerprint density at radius 3 is 3.06 bits per heavy atom. The molecule has 0 amide bonds. The first kappa shape index (κ1) is 10.0. The van der Waals surface area contributed by atoms with Crippen molar-refractivity contribution in [2.24, 2.45) is 0 Å². The molecule has 4 rings (SSSR count). The molecular weight excluding hydrogens is 244 g/mol. The van der Waals surface area contributed by atoms with E-state index in [9.17, 15) is 5.11 Å². The minimum absolute atomic E-state index is 0.0177. The van der Waals surface area contributed by atoms with Gasteiger partial charge in [0.15, 0.2) is 10.5 Å². The number of fused-ring (bicyclic) bond motifs is 5. The van der Waals surface area contributed by atoms with E-state index in [0.717, 1.165) is 23.4 Å². The van der Waals surface area contributed by atoms with Crippen molar-refractivity contribution in [2.75, 3.05) is 0 Å². The van der Waals surface area contributed by atoms with E-state index in [1.165, 1.54) is 28.0 Å². The van der Waals surface area contributed by atoms with Crippen molar-refractivity contribution in [1.29, 1.82) is 0 Å². The zero-order chi connectivity index (χ0) is 12.1. The molecule has 0 saturated carbocycles. The van der Waals surface area contributed by atoms with Gasteiger partial charge in [-0.25, -0.2) is 0 Å². The van der Waals surface area contributed by atoms with Gasteiger partial charge < -0.3 is 5.11 Å². The maximum absolute atomic E-state index is 11.6. The highest BCUT2D eigenvalue weighted by Crippen LogP contribution is 2.34. The van der Waals surface area contributed by atoms with Gasteiger partial charge in [0.1, 0.15) is 0 Å². The van der Waals surface area contributed by atoms with E-state index < -0.39 is 0 Å². The number of hydrogen-bond donors (Lipinski definition) is 0. The van der Waals surface area contributed by atoms with Crippen LogP contribution in [0.5, 0.6) is 5.88 Å². The summed E-state index contributed by atoms with van der Waals surface area (Å²) >= 11 is 1.51. The lowest BCUT2D eigenvalue weighted by molar-refractivity contribution is -0.583. The van der Waals surface area contributed by atoms with Gasteiger partial charge in [0, 0.05) is 10.9 Å². The molecule has 3 nitrogen and oxygen atoms in total. The van der Waals surface area contributed by atoms with Gasteiger partial charge in [0.2, 0.25) is 0 Å². The molecule has 88 valence electrons. The Hall–Kier alpha value is -1.94. The van der Waals surface area contributed by atoms with Crippen molar-refractivity contribution in [2.45, 2.75) is 12.8 Å². The molecule has 2 heterocycles. The number of benzene rings is 1. The lowest BCUT2D eigenvalue weighted by Gasteiger charge is -2.15. The maximum atomic E-state index is 11.6. The molecule has 18 heavy (non-hydrogen) atoms. The smallest absolute Gasteiger partial charge is 0.292 e. The number of thiazole rings is 1. The van der Waals surface area contributed by atoms with Crippen molar-refractivity contribution in [1.82, 2.24) is 4.98 Å². The van der Waals surface area contributed by atoms with Gasteiger partial charge in [-0.15, -0.1) is 0 Å². The number of aryl methyl sites for hydroxylation is 2. The van der Waals surface area contributed by atoms with Crippen LogP contribution < -0.4 is 9.51 Å². The number of rotatable bonds is 0. The van der Waals surface area contributed by atoms with E-state index in [0.29, 0.717) is 0 Å². The van der Waals surface area contributed by atoms with Crippen molar-refractivity contribution in [3.05, 3.63) is 47.1 Å². The lowest BCUT2D eigenvalue weighted by atomic mass is 9.90. The van der Waals surface area contributed by atoms with Crippen molar-refractivity contribution in [3.63, 3.8) is 0 Å². The summed E-state index contributed by atoms with van der Waals surface area (Å²) < 4.78 is 1.65. The standard InChI is InChI=1S/C14H10N2OS/c17-12-7-18-14-11-6-5-9-3-1-2-4-10(9)13(11)15-8-16(12)14/h1-4,7-8H,5-6H2. The molecule has 0 saturated heterocycles. The molecule has 1 aromatic carbocycles. The molecule has 0 spiro atoms. The van der Waals surface area contributed by atoms with Gasteiger partial charge in [-0.3, -0.25) is 0 Å². The number of hydrogen-bond acceptors (Lipinski definition) is 3. The highest BCUT2D eigenvalue weighted by atomic mass is 32.1. The summed E-state index contributed by atoms with van der Waals surface area (Å²) in [6.07, 6.45) is 3.63. The van der Waals surface area contributed by atoms with E-state index in [4.69, 9.17) is 0 Å². The van der Waals surface area contributed by atoms with Crippen LogP contribution >= 0.6 is 11.3 Å². The zero-order valence-electron chi connectivity index (χ0n) is 9.59. The van der Waals surface area contributed by atoms with Crippen molar-refractivity contribution >= 4 is 16.2 Å². The fraction of sp³-hybridized carbons (Fsp3) is 0.143. The summed E-state index contributed by atoms with van der Waals surface area (Å²) in [5, 5.41) is 13.3. The molecular formula is C14H10N2OS. The fourth-order valence-corrected chi connectivity index (χ4v) is 3.54. The van der Waals surface area contributed by atoms with E-state index >= 15 is 0 Å². The van der Waals surface area contributed by atoms with E-state index in [-0.39, 0.29) is 5.88 Å². The van der Waals surface area contributed by atoms with Gasteiger partial charge >= 0.3 is 0 Å². The Kier molecular flexibility index (Phi) is 1.96. The van der Waals surface area contributed by atoms with Gasteiger partial charge in [-0.05, 0) is 23.4 Å². The van der Waals surface area contributed by atoms with Crippen LogP contribution in [0.4, 0.5) is 0 Å². The van der Waals surface area contributed by atoms with Crippen molar-refractivity contribution in [3.8, 4) is 17.1 Å². The number of aromatic nitrogens is 2. The third kappa shape index (κ3) is 1.24. The molecule has 1 aliphatic carbocycles. The minimum atomic E-state index is 0.0177. The van der Waals surface area contributed by atoms with Crippen LogP contribution in [0.3, 0.4) is 0 Å². The third-order valence-corrected chi connectivity index (χ3v) is 4.48. The number of nitrogens with zero attached hydrogens (tertiary/aromatic N) is 2. The minimum Gasteiger partial charge on any atom is -0.841 e. The second-order valence-electron chi connectivity index (χ2n) is 4.48. The normalized spacial score (nSPS) is 13.3. The maximum Gasteiger partial charge on any atom is 0.292 e. The molecule has 0 bridgehead atoms. The Labute approximate surface area is 108 Å². The highest BCUT2D eigenvalue weighted by molar-refractivity contribution is 7.15. The molecule has 0 atom stereocenters. The van der Waals surface area contributed by atoms with Gasteiger partial charge in [-0.2, -0.15) is 4.40 Å². The molecule has 3 aromatic rings. The van der Waals surface area contributed by atoms with Gasteiger partial charge in [0.05, 0.1) is 11.4 Å². The predicted octanol–water partition coefficient (Wildman–Crippen LogP) is 1.72. The second kappa shape index (κ2) is 3.53. The summed E-state index contributed by atoms with van der Waals surface area (Å²) in [6, 6.07) is 8.38. The molecule has 0 aliphatic heterocycles. The Morgan fingerprint density at radius 2 is 2.11 bits per heavy atom. The average molecular weight is 254 g/mol. The summed E-state index contributed by atoms with van der Waals surface area (Å²) in [6.45, 7) is 0. The SMILES string of the molecule is [O-]c1csc2c3c(nc[n+]12)-c1ccccc1CC3. The van der Waals surface area contributed by atoms with Crippen LogP contribution in [0.15, 0.2) is 36.0 Å². The van der Waals surface area contributed by atoms with Crippen LogP contribution in [-0.2, 0) is 12.8 Å². The summed E-state index contributed by atoms with van der Waals surface area (Å²) in [4.78, 5) is 5.53. The fourth-order valence-electron chi connectivity index (χ4n) is 2.63. The van der Waals surface area contributed by atoms with Gasteiger partial charge in [0.25, 0.3) is 6.33 Å². The van der Waals surface area contributed by atoms with E-state index in [1.807, 2.05) is 6.07 Å². The first-order chi connectivity index (χ1) is 8.84. The first-order valence-electron chi connectivity index (χ1n) is 5.90. The molecule has 0 fully saturated rings. The zero-order valence-corrected chi connectivity index (χ0v) is 10.4. The molecule has 4 heteroatoms. The summed E-state index contributed by atoms with van der Waals surface area (Å²) in [7, 11) is 0. The Balaban J connectivity index is 2.09. The average Bonchev–Trinajstić information content (AvgIpc) is 2.80. The van der Waals surface area contributed by atoms with Crippen LogP contribution in [0, 0.1) is 0 Å². The predicted molar refractivity (Wildman–Crippen MR) is 67.6 cm³/mol. The Bertz CT molecular complexity index is 764. The van der Waals surface area contributed by atoms with Crippen LogP contribution in [0.1, 0.15) is 11.1 Å². The summed E-state index contributed by atoms with van der Waals surface area (Å²) in [5.74, 6) is 0.0177. The molecule has 2 aromatic heterocycles. The molecule has 0 unspecified atom stereocenters.